The van der Waals surface area contributed by atoms with Crippen LogP contribution in [0, 0.1) is 11.8 Å². The predicted molar refractivity (Wildman–Crippen MR) is 90.4 cm³/mol. The van der Waals surface area contributed by atoms with Gasteiger partial charge in [-0.1, -0.05) is 63.3 Å². The minimum Gasteiger partial charge on any atom is -0.299 e. The highest BCUT2D eigenvalue weighted by Gasteiger charge is 2.16. The van der Waals surface area contributed by atoms with E-state index >= 15 is 0 Å². The van der Waals surface area contributed by atoms with Crippen molar-refractivity contribution in [1.82, 2.24) is 4.90 Å². The first kappa shape index (κ1) is 15.1. The number of hydrogen-bond acceptors (Lipinski definition) is 1. The molecule has 2 fully saturated rings. The maximum Gasteiger partial charge on any atom is 0.0233 e. The molecule has 0 radical (unpaired) electrons. The molecule has 0 unspecified atom stereocenters. The quantitative estimate of drug-likeness (QED) is 0.749. The minimum absolute atomic E-state index is 0.879. The highest BCUT2D eigenvalue weighted by Crippen LogP contribution is 2.27. The average Bonchev–Trinajstić information content (AvgIpc) is 2.50. The van der Waals surface area contributed by atoms with Crippen LogP contribution in [0.5, 0.6) is 0 Å². The van der Waals surface area contributed by atoms with Crippen molar-refractivity contribution >= 4 is 0 Å². The van der Waals surface area contributed by atoms with Gasteiger partial charge in [-0.3, -0.25) is 4.90 Å². The number of rotatable bonds is 4. The minimum atomic E-state index is 0.879. The summed E-state index contributed by atoms with van der Waals surface area (Å²) in [5, 5.41) is 0. The van der Waals surface area contributed by atoms with E-state index in [1.807, 2.05) is 0 Å². The Hall–Kier alpha value is -0.820. The lowest BCUT2D eigenvalue weighted by Gasteiger charge is -2.30. The van der Waals surface area contributed by atoms with E-state index in [2.05, 4.69) is 36.1 Å². The summed E-state index contributed by atoms with van der Waals surface area (Å²) in [6.45, 7) is 6.10. The van der Waals surface area contributed by atoms with Gasteiger partial charge in [-0.05, 0) is 48.8 Å². The molecule has 1 atom stereocenters. The molecule has 0 N–H and O–H groups in total. The van der Waals surface area contributed by atoms with Gasteiger partial charge in [0.05, 0.1) is 0 Å². The average molecular weight is 285 g/mol. The Bertz CT molecular complexity index is 416. The standard InChI is InChI=1S/C20H31N/c1-17-6-5-13-21(15-17)16-20-11-9-19(10-12-20)14-18-7-3-2-4-8-18/h9-12,17-18H,2-8,13-16H2,1H3/t17-/m0/s1. The van der Waals surface area contributed by atoms with Gasteiger partial charge in [0.2, 0.25) is 0 Å². The number of nitrogens with zero attached hydrogens (tertiary/aromatic N) is 1. The smallest absolute Gasteiger partial charge is 0.0233 e. The van der Waals surface area contributed by atoms with Crippen molar-refractivity contribution in [2.24, 2.45) is 11.8 Å². The summed E-state index contributed by atoms with van der Waals surface area (Å²) in [5.74, 6) is 1.83. The van der Waals surface area contributed by atoms with Gasteiger partial charge in [-0.15, -0.1) is 0 Å². The topological polar surface area (TPSA) is 3.24 Å². The fourth-order valence-corrected chi connectivity index (χ4v) is 4.19. The SMILES string of the molecule is C[C@H]1CCCN(Cc2ccc(CC3CCCCC3)cc2)C1. The summed E-state index contributed by atoms with van der Waals surface area (Å²) >= 11 is 0. The van der Waals surface area contributed by atoms with Gasteiger partial charge in [0.1, 0.15) is 0 Å². The third kappa shape index (κ3) is 4.57. The second-order valence-corrected chi connectivity index (χ2v) is 7.51. The largest absolute Gasteiger partial charge is 0.299 e. The molecule has 0 bridgehead atoms. The van der Waals surface area contributed by atoms with E-state index in [-0.39, 0.29) is 0 Å². The molecular formula is C20H31N. The zero-order valence-electron chi connectivity index (χ0n) is 13.7. The molecule has 116 valence electrons. The summed E-state index contributed by atoms with van der Waals surface area (Å²) in [6, 6.07) is 9.52. The lowest BCUT2D eigenvalue weighted by atomic mass is 9.85. The van der Waals surface area contributed by atoms with E-state index in [0.717, 1.165) is 18.4 Å². The van der Waals surface area contributed by atoms with Crippen molar-refractivity contribution < 1.29 is 0 Å². The Labute approximate surface area is 130 Å². The molecule has 1 aromatic rings. The molecule has 1 saturated carbocycles. The Morgan fingerprint density at radius 1 is 0.905 bits per heavy atom. The van der Waals surface area contributed by atoms with Gasteiger partial charge >= 0.3 is 0 Å². The third-order valence-electron chi connectivity index (χ3n) is 5.42. The molecule has 1 aromatic carbocycles. The van der Waals surface area contributed by atoms with Gasteiger partial charge in [-0.25, -0.2) is 0 Å². The first-order valence-corrected chi connectivity index (χ1v) is 9.10. The van der Waals surface area contributed by atoms with Gasteiger partial charge in [0.15, 0.2) is 0 Å². The van der Waals surface area contributed by atoms with E-state index in [1.165, 1.54) is 70.0 Å². The normalized spacial score (nSPS) is 25.1. The maximum absolute atomic E-state index is 2.63. The van der Waals surface area contributed by atoms with Crippen LogP contribution < -0.4 is 0 Å². The van der Waals surface area contributed by atoms with E-state index in [9.17, 15) is 0 Å². The van der Waals surface area contributed by atoms with Gasteiger partial charge in [-0.2, -0.15) is 0 Å². The first-order valence-electron chi connectivity index (χ1n) is 9.10. The van der Waals surface area contributed by atoms with Crippen LogP contribution >= 0.6 is 0 Å². The second-order valence-electron chi connectivity index (χ2n) is 7.51. The molecule has 21 heavy (non-hydrogen) atoms. The highest BCUT2D eigenvalue weighted by atomic mass is 15.1. The van der Waals surface area contributed by atoms with Gasteiger partial charge in [0.25, 0.3) is 0 Å². The molecule has 3 rings (SSSR count). The van der Waals surface area contributed by atoms with E-state index < -0.39 is 0 Å². The lowest BCUT2D eigenvalue weighted by Crippen LogP contribution is -2.33. The van der Waals surface area contributed by atoms with Crippen LogP contribution in [0.15, 0.2) is 24.3 Å². The summed E-state index contributed by atoms with van der Waals surface area (Å²) in [7, 11) is 0. The van der Waals surface area contributed by atoms with Crippen LogP contribution in [-0.2, 0) is 13.0 Å². The highest BCUT2D eigenvalue weighted by molar-refractivity contribution is 5.23. The van der Waals surface area contributed by atoms with E-state index in [4.69, 9.17) is 0 Å². The van der Waals surface area contributed by atoms with Crippen molar-refractivity contribution in [2.45, 2.75) is 64.8 Å². The molecule has 1 heteroatoms. The first-order chi connectivity index (χ1) is 10.3. The lowest BCUT2D eigenvalue weighted by molar-refractivity contribution is 0.176. The molecule has 1 aliphatic heterocycles. The monoisotopic (exact) mass is 285 g/mol. The van der Waals surface area contributed by atoms with Crippen LogP contribution in [0.1, 0.15) is 63.0 Å². The number of piperidine rings is 1. The molecule has 0 amide bonds. The molecule has 0 spiro atoms. The molecule has 2 aliphatic rings. The molecule has 1 heterocycles. The van der Waals surface area contributed by atoms with Crippen LogP contribution in [0.2, 0.25) is 0 Å². The fourth-order valence-electron chi connectivity index (χ4n) is 4.19. The number of likely N-dealkylation sites (tertiary alicyclic amines) is 1. The van der Waals surface area contributed by atoms with Crippen molar-refractivity contribution in [1.29, 1.82) is 0 Å². The number of benzene rings is 1. The number of hydrogen-bond donors (Lipinski definition) is 0. The summed E-state index contributed by atoms with van der Waals surface area (Å²) in [6.07, 6.45) is 11.4. The Kier molecular flexibility index (Phi) is 5.35. The summed E-state index contributed by atoms with van der Waals surface area (Å²) in [5.41, 5.74) is 3.05. The van der Waals surface area contributed by atoms with Crippen molar-refractivity contribution in [3.05, 3.63) is 35.4 Å². The molecule has 1 nitrogen and oxygen atoms in total. The fraction of sp³-hybridized carbons (Fsp3) is 0.700. The van der Waals surface area contributed by atoms with Gasteiger partial charge < -0.3 is 0 Å². The Morgan fingerprint density at radius 3 is 2.33 bits per heavy atom. The van der Waals surface area contributed by atoms with E-state index in [0.29, 0.717) is 0 Å². The zero-order chi connectivity index (χ0) is 14.5. The Balaban J connectivity index is 1.51. The second kappa shape index (κ2) is 7.45. The van der Waals surface area contributed by atoms with Crippen LogP contribution in [0.3, 0.4) is 0 Å². The van der Waals surface area contributed by atoms with Crippen LogP contribution in [0.25, 0.3) is 0 Å². The van der Waals surface area contributed by atoms with Crippen molar-refractivity contribution in [3.63, 3.8) is 0 Å². The Morgan fingerprint density at radius 2 is 1.62 bits per heavy atom. The van der Waals surface area contributed by atoms with E-state index in [1.54, 1.807) is 5.56 Å². The zero-order valence-corrected chi connectivity index (χ0v) is 13.7. The molecular weight excluding hydrogens is 254 g/mol. The maximum atomic E-state index is 2.63. The molecule has 0 aromatic heterocycles. The predicted octanol–water partition coefficient (Wildman–Crippen LogP) is 5.04. The van der Waals surface area contributed by atoms with Crippen molar-refractivity contribution in [3.8, 4) is 0 Å². The summed E-state index contributed by atoms with van der Waals surface area (Å²) in [4.78, 5) is 2.63. The van der Waals surface area contributed by atoms with Gasteiger partial charge in [0, 0.05) is 13.1 Å². The summed E-state index contributed by atoms with van der Waals surface area (Å²) < 4.78 is 0. The van der Waals surface area contributed by atoms with Crippen molar-refractivity contribution in [2.75, 3.05) is 13.1 Å². The molecule has 1 aliphatic carbocycles. The van der Waals surface area contributed by atoms with Crippen LogP contribution in [-0.4, -0.2) is 18.0 Å². The third-order valence-corrected chi connectivity index (χ3v) is 5.42. The molecule has 1 saturated heterocycles. The van der Waals surface area contributed by atoms with Crippen LogP contribution in [0.4, 0.5) is 0 Å².